The minimum absolute atomic E-state index is 0.211. The molecule has 0 spiro atoms. The van der Waals surface area contributed by atoms with Crippen LogP contribution in [-0.2, 0) is 6.42 Å². The molecule has 2 aromatic rings. The normalized spacial score (nSPS) is 17.6. The van der Waals surface area contributed by atoms with Gasteiger partial charge in [0.15, 0.2) is 11.5 Å². The van der Waals surface area contributed by atoms with Crippen molar-refractivity contribution < 1.29 is 9.47 Å². The van der Waals surface area contributed by atoms with Gasteiger partial charge >= 0.3 is 0 Å². The summed E-state index contributed by atoms with van der Waals surface area (Å²) in [5.41, 5.74) is 9.73. The van der Waals surface area contributed by atoms with Crippen molar-refractivity contribution in [1.82, 2.24) is 4.90 Å². The second-order valence-electron chi connectivity index (χ2n) is 5.79. The molecule has 1 aliphatic rings. The second-order valence-corrected chi connectivity index (χ2v) is 5.79. The smallest absolute Gasteiger partial charge is 0.161 e. The van der Waals surface area contributed by atoms with Crippen LogP contribution in [0.4, 0.5) is 0 Å². The van der Waals surface area contributed by atoms with Crippen LogP contribution in [0, 0.1) is 0 Å². The van der Waals surface area contributed by atoms with Crippen LogP contribution in [0.5, 0.6) is 11.5 Å². The Bertz CT molecular complexity index is 658. The largest absolute Gasteiger partial charge is 0.493 e. The summed E-state index contributed by atoms with van der Waals surface area (Å²) < 4.78 is 11.0. The molecule has 4 heteroatoms. The number of nitrogens with two attached hydrogens (primary N) is 1. The van der Waals surface area contributed by atoms with Gasteiger partial charge in [0.05, 0.1) is 20.3 Å². The Labute approximate surface area is 137 Å². The van der Waals surface area contributed by atoms with Crippen LogP contribution in [0.25, 0.3) is 0 Å². The second kappa shape index (κ2) is 7.02. The molecule has 23 heavy (non-hydrogen) atoms. The van der Waals surface area contributed by atoms with E-state index in [1.54, 1.807) is 14.2 Å². The summed E-state index contributed by atoms with van der Waals surface area (Å²) in [4.78, 5) is 2.45. The fourth-order valence-electron chi connectivity index (χ4n) is 3.43. The van der Waals surface area contributed by atoms with Crippen LogP contribution in [0.15, 0.2) is 42.5 Å². The average molecular weight is 312 g/mol. The molecule has 2 N–H and O–H groups in total. The fraction of sp³-hybridized carbons (Fsp3) is 0.368. The molecule has 2 aromatic carbocycles. The van der Waals surface area contributed by atoms with Crippen LogP contribution in [0.2, 0.25) is 0 Å². The minimum atomic E-state index is 0.211. The Morgan fingerprint density at radius 1 is 1.09 bits per heavy atom. The SMILES string of the molecule is COc1cc2c(cc1OC)C(c1ccccc1)N(CCN)CC2. The third kappa shape index (κ3) is 3.05. The van der Waals surface area contributed by atoms with Gasteiger partial charge in [0.25, 0.3) is 0 Å². The van der Waals surface area contributed by atoms with Gasteiger partial charge in [-0.15, -0.1) is 0 Å². The van der Waals surface area contributed by atoms with Gasteiger partial charge in [-0.05, 0) is 35.2 Å². The summed E-state index contributed by atoms with van der Waals surface area (Å²) in [5, 5.41) is 0. The van der Waals surface area contributed by atoms with Crippen LogP contribution < -0.4 is 15.2 Å². The molecule has 0 fully saturated rings. The lowest BCUT2D eigenvalue weighted by Gasteiger charge is -2.38. The summed E-state index contributed by atoms with van der Waals surface area (Å²) >= 11 is 0. The summed E-state index contributed by atoms with van der Waals surface area (Å²) in [7, 11) is 3.37. The molecule has 1 atom stereocenters. The zero-order valence-electron chi connectivity index (χ0n) is 13.8. The molecule has 0 aromatic heterocycles. The van der Waals surface area contributed by atoms with Gasteiger partial charge in [0.2, 0.25) is 0 Å². The highest BCUT2D eigenvalue weighted by molar-refractivity contribution is 5.51. The lowest BCUT2D eigenvalue weighted by Crippen LogP contribution is -2.39. The monoisotopic (exact) mass is 312 g/mol. The van der Waals surface area contributed by atoms with Crippen molar-refractivity contribution in [2.45, 2.75) is 12.5 Å². The van der Waals surface area contributed by atoms with E-state index in [9.17, 15) is 0 Å². The van der Waals surface area contributed by atoms with Crippen molar-refractivity contribution in [2.75, 3.05) is 33.9 Å². The lowest BCUT2D eigenvalue weighted by molar-refractivity contribution is 0.218. The Morgan fingerprint density at radius 3 is 2.43 bits per heavy atom. The van der Waals surface area contributed by atoms with Crippen molar-refractivity contribution in [1.29, 1.82) is 0 Å². The van der Waals surface area contributed by atoms with E-state index in [4.69, 9.17) is 15.2 Å². The fourth-order valence-corrected chi connectivity index (χ4v) is 3.43. The van der Waals surface area contributed by atoms with Crippen molar-refractivity contribution in [2.24, 2.45) is 5.73 Å². The van der Waals surface area contributed by atoms with E-state index in [1.807, 2.05) is 0 Å². The molecule has 0 saturated carbocycles. The van der Waals surface area contributed by atoms with Gasteiger partial charge in [-0.2, -0.15) is 0 Å². The predicted octanol–water partition coefficient (Wildman–Crippen LogP) is 2.61. The van der Waals surface area contributed by atoms with Gasteiger partial charge in [0.1, 0.15) is 0 Å². The summed E-state index contributed by atoms with van der Waals surface area (Å²) in [6, 6.07) is 15.0. The number of nitrogens with zero attached hydrogens (tertiary/aromatic N) is 1. The average Bonchev–Trinajstić information content (AvgIpc) is 2.61. The Balaban J connectivity index is 2.11. The van der Waals surface area contributed by atoms with Crippen molar-refractivity contribution in [3.63, 3.8) is 0 Å². The maximum absolute atomic E-state index is 5.83. The van der Waals surface area contributed by atoms with E-state index < -0.39 is 0 Å². The predicted molar refractivity (Wildman–Crippen MR) is 92.2 cm³/mol. The molecule has 0 aliphatic carbocycles. The maximum Gasteiger partial charge on any atom is 0.161 e. The van der Waals surface area contributed by atoms with Crippen LogP contribution in [-0.4, -0.2) is 38.8 Å². The van der Waals surface area contributed by atoms with Crippen molar-refractivity contribution in [3.8, 4) is 11.5 Å². The molecular formula is C19H24N2O2. The topological polar surface area (TPSA) is 47.7 Å². The number of hydrogen-bond donors (Lipinski definition) is 1. The van der Waals surface area contributed by atoms with Gasteiger partial charge in [-0.3, -0.25) is 4.90 Å². The molecule has 0 bridgehead atoms. The highest BCUT2D eigenvalue weighted by Gasteiger charge is 2.29. The van der Waals surface area contributed by atoms with E-state index in [-0.39, 0.29) is 6.04 Å². The molecule has 1 unspecified atom stereocenters. The van der Waals surface area contributed by atoms with E-state index in [1.165, 1.54) is 16.7 Å². The van der Waals surface area contributed by atoms with E-state index in [0.717, 1.165) is 31.0 Å². The van der Waals surface area contributed by atoms with Crippen LogP contribution in [0.1, 0.15) is 22.7 Å². The quantitative estimate of drug-likeness (QED) is 0.922. The summed E-state index contributed by atoms with van der Waals surface area (Å²) in [6.07, 6.45) is 0.999. The molecule has 3 rings (SSSR count). The number of rotatable bonds is 5. The maximum atomic E-state index is 5.83. The number of methoxy groups -OCH3 is 2. The lowest BCUT2D eigenvalue weighted by atomic mass is 9.87. The number of ether oxygens (including phenoxy) is 2. The van der Waals surface area contributed by atoms with E-state index in [2.05, 4.69) is 47.4 Å². The Hall–Kier alpha value is -2.04. The van der Waals surface area contributed by atoms with E-state index in [0.29, 0.717) is 6.54 Å². The highest BCUT2D eigenvalue weighted by Crippen LogP contribution is 2.40. The highest BCUT2D eigenvalue weighted by atomic mass is 16.5. The standard InChI is InChI=1S/C19H24N2O2/c1-22-17-12-15-8-10-21(11-9-20)19(14-6-4-3-5-7-14)16(15)13-18(17)23-2/h3-7,12-13,19H,8-11,20H2,1-2H3. The van der Waals surface area contributed by atoms with Crippen LogP contribution >= 0.6 is 0 Å². The molecule has 0 radical (unpaired) electrons. The first kappa shape index (κ1) is 15.8. The Kier molecular flexibility index (Phi) is 4.84. The van der Waals surface area contributed by atoms with Gasteiger partial charge in [-0.1, -0.05) is 30.3 Å². The van der Waals surface area contributed by atoms with E-state index >= 15 is 0 Å². The summed E-state index contributed by atoms with van der Waals surface area (Å²) in [5.74, 6) is 1.58. The molecule has 0 saturated heterocycles. The zero-order valence-corrected chi connectivity index (χ0v) is 13.8. The molecule has 1 heterocycles. The molecule has 122 valence electrons. The minimum Gasteiger partial charge on any atom is -0.493 e. The first-order chi connectivity index (χ1) is 11.3. The molecule has 4 nitrogen and oxygen atoms in total. The zero-order chi connectivity index (χ0) is 16.2. The number of fused-ring (bicyclic) bond motifs is 1. The number of hydrogen-bond acceptors (Lipinski definition) is 4. The third-order valence-corrected chi connectivity index (χ3v) is 4.51. The number of benzene rings is 2. The molecular weight excluding hydrogens is 288 g/mol. The van der Waals surface area contributed by atoms with Gasteiger partial charge in [-0.25, -0.2) is 0 Å². The third-order valence-electron chi connectivity index (χ3n) is 4.51. The summed E-state index contributed by atoms with van der Waals surface area (Å²) in [6.45, 7) is 2.54. The van der Waals surface area contributed by atoms with Crippen molar-refractivity contribution >= 4 is 0 Å². The van der Waals surface area contributed by atoms with Crippen LogP contribution in [0.3, 0.4) is 0 Å². The first-order valence-corrected chi connectivity index (χ1v) is 8.02. The molecule has 1 aliphatic heterocycles. The Morgan fingerprint density at radius 2 is 1.78 bits per heavy atom. The van der Waals surface area contributed by atoms with Crippen molar-refractivity contribution in [3.05, 3.63) is 59.2 Å². The van der Waals surface area contributed by atoms with Gasteiger partial charge < -0.3 is 15.2 Å². The first-order valence-electron chi connectivity index (χ1n) is 8.02. The molecule has 0 amide bonds. The van der Waals surface area contributed by atoms with Gasteiger partial charge in [0, 0.05) is 19.6 Å².